The molecule has 0 radical (unpaired) electrons. The van der Waals surface area contributed by atoms with Crippen molar-refractivity contribution >= 4 is 11.9 Å². The zero-order valence-corrected chi connectivity index (χ0v) is 17.3. The molecule has 1 unspecified atom stereocenters. The molecule has 8 nitrogen and oxygen atoms in total. The van der Waals surface area contributed by atoms with Gasteiger partial charge in [0.25, 0.3) is 5.91 Å². The van der Waals surface area contributed by atoms with Crippen molar-refractivity contribution in [2.45, 2.75) is 13.0 Å². The molecular formula is C22H25NO7. The molecule has 0 saturated heterocycles. The quantitative estimate of drug-likeness (QED) is 0.613. The Balaban J connectivity index is 1.59. The van der Waals surface area contributed by atoms with Crippen molar-refractivity contribution in [3.63, 3.8) is 0 Å². The van der Waals surface area contributed by atoms with Gasteiger partial charge in [0.1, 0.15) is 6.61 Å². The first-order chi connectivity index (χ1) is 14.5. The van der Waals surface area contributed by atoms with E-state index in [1.165, 1.54) is 20.3 Å². The Bertz CT molecular complexity index is 899. The molecule has 0 N–H and O–H groups in total. The van der Waals surface area contributed by atoms with Crippen LogP contribution in [0, 0.1) is 0 Å². The maximum atomic E-state index is 12.7. The van der Waals surface area contributed by atoms with E-state index in [2.05, 4.69) is 0 Å². The summed E-state index contributed by atoms with van der Waals surface area (Å²) < 4.78 is 27.3. The molecule has 0 spiro atoms. The Hall–Kier alpha value is -3.42. The summed E-state index contributed by atoms with van der Waals surface area (Å²) >= 11 is 0. The lowest BCUT2D eigenvalue weighted by molar-refractivity contribution is -0.134. The molecule has 30 heavy (non-hydrogen) atoms. The molecule has 0 saturated carbocycles. The van der Waals surface area contributed by atoms with E-state index in [9.17, 15) is 9.59 Å². The number of carbonyl (C=O) groups is 2. The van der Waals surface area contributed by atoms with Crippen LogP contribution in [0.4, 0.5) is 0 Å². The lowest BCUT2D eigenvalue weighted by Crippen LogP contribution is -2.45. The van der Waals surface area contributed by atoms with E-state index in [-0.39, 0.29) is 18.6 Å². The molecule has 2 aromatic rings. The van der Waals surface area contributed by atoms with Crippen LogP contribution in [0.1, 0.15) is 17.3 Å². The fraction of sp³-hybridized carbons (Fsp3) is 0.364. The van der Waals surface area contributed by atoms with Gasteiger partial charge < -0.3 is 28.6 Å². The van der Waals surface area contributed by atoms with Crippen molar-refractivity contribution in [1.82, 2.24) is 4.90 Å². The number of fused-ring (bicyclic) bond motifs is 1. The van der Waals surface area contributed by atoms with Crippen LogP contribution in [-0.2, 0) is 9.53 Å². The van der Waals surface area contributed by atoms with Gasteiger partial charge in [0, 0.05) is 6.54 Å². The predicted octanol–water partition coefficient (Wildman–Crippen LogP) is 2.55. The van der Waals surface area contributed by atoms with Gasteiger partial charge in [-0.3, -0.25) is 4.79 Å². The molecule has 160 valence electrons. The van der Waals surface area contributed by atoms with Crippen molar-refractivity contribution in [2.24, 2.45) is 0 Å². The summed E-state index contributed by atoms with van der Waals surface area (Å²) in [5, 5.41) is 0. The number of nitrogens with zero attached hydrogens (tertiary/aromatic N) is 1. The molecule has 0 bridgehead atoms. The van der Waals surface area contributed by atoms with Gasteiger partial charge in [0.05, 0.1) is 26.3 Å². The second-order valence-corrected chi connectivity index (χ2v) is 6.58. The number of esters is 1. The summed E-state index contributed by atoms with van der Waals surface area (Å²) in [4.78, 5) is 26.0. The Kier molecular flexibility index (Phi) is 7.00. The fourth-order valence-electron chi connectivity index (χ4n) is 3.07. The second kappa shape index (κ2) is 9.87. The number of hydrogen-bond acceptors (Lipinski definition) is 7. The maximum absolute atomic E-state index is 12.7. The number of carbonyl (C=O) groups excluding carboxylic acids is 2. The summed E-state index contributed by atoms with van der Waals surface area (Å²) in [6, 6.07) is 12.1. The summed E-state index contributed by atoms with van der Waals surface area (Å²) in [7, 11) is 2.76. The zero-order valence-electron chi connectivity index (χ0n) is 17.3. The Morgan fingerprint density at radius 2 is 1.87 bits per heavy atom. The highest BCUT2D eigenvalue weighted by atomic mass is 16.6. The van der Waals surface area contributed by atoms with Gasteiger partial charge in [-0.25, -0.2) is 4.79 Å². The van der Waals surface area contributed by atoms with Crippen molar-refractivity contribution in [3.05, 3.63) is 48.0 Å². The third-order valence-electron chi connectivity index (χ3n) is 4.66. The molecule has 1 amide bonds. The van der Waals surface area contributed by atoms with Crippen LogP contribution in [0.5, 0.6) is 23.0 Å². The van der Waals surface area contributed by atoms with Crippen LogP contribution in [0.15, 0.2) is 42.5 Å². The van der Waals surface area contributed by atoms with Gasteiger partial charge in [0.2, 0.25) is 0 Å². The topological polar surface area (TPSA) is 83.5 Å². The average molecular weight is 415 g/mol. The predicted molar refractivity (Wildman–Crippen MR) is 108 cm³/mol. The molecule has 1 aliphatic heterocycles. The van der Waals surface area contributed by atoms with Crippen molar-refractivity contribution in [1.29, 1.82) is 0 Å². The van der Waals surface area contributed by atoms with Crippen LogP contribution >= 0.6 is 0 Å². The molecular weight excluding hydrogens is 390 g/mol. The molecule has 0 aliphatic carbocycles. The second-order valence-electron chi connectivity index (χ2n) is 6.58. The lowest BCUT2D eigenvalue weighted by Gasteiger charge is -2.30. The number of rotatable bonds is 8. The van der Waals surface area contributed by atoms with E-state index >= 15 is 0 Å². The van der Waals surface area contributed by atoms with E-state index in [0.29, 0.717) is 48.3 Å². The van der Waals surface area contributed by atoms with Gasteiger partial charge in [-0.2, -0.15) is 0 Å². The van der Waals surface area contributed by atoms with Gasteiger partial charge >= 0.3 is 5.97 Å². The maximum Gasteiger partial charge on any atom is 0.337 e. The first-order valence-corrected chi connectivity index (χ1v) is 9.61. The number of amides is 1. The normalized spacial score (nSPS) is 14.6. The summed E-state index contributed by atoms with van der Waals surface area (Å²) in [6.07, 6.45) is -0.266. The monoisotopic (exact) mass is 415 g/mol. The molecule has 8 heteroatoms. The SMILES string of the molecule is CCN(CC1COc2ccccc2O1)C(=O)COc1ccc(C(=O)OC)cc1OC. The number of para-hydroxylation sites is 2. The van der Waals surface area contributed by atoms with Crippen LogP contribution in [0.3, 0.4) is 0 Å². The zero-order chi connectivity index (χ0) is 21.5. The molecule has 1 atom stereocenters. The van der Waals surface area contributed by atoms with Crippen molar-refractivity contribution in [3.8, 4) is 23.0 Å². The largest absolute Gasteiger partial charge is 0.493 e. The first-order valence-electron chi connectivity index (χ1n) is 9.61. The van der Waals surface area contributed by atoms with E-state index in [0.717, 1.165) is 0 Å². The third-order valence-corrected chi connectivity index (χ3v) is 4.66. The first kappa shape index (κ1) is 21.3. The van der Waals surface area contributed by atoms with Crippen LogP contribution in [-0.4, -0.2) is 63.4 Å². The van der Waals surface area contributed by atoms with Gasteiger partial charge in [0.15, 0.2) is 35.7 Å². The average Bonchev–Trinajstić information content (AvgIpc) is 2.80. The number of methoxy groups -OCH3 is 2. The molecule has 3 rings (SSSR count). The van der Waals surface area contributed by atoms with E-state index in [1.807, 2.05) is 31.2 Å². The van der Waals surface area contributed by atoms with E-state index in [1.54, 1.807) is 17.0 Å². The fourth-order valence-corrected chi connectivity index (χ4v) is 3.07. The molecule has 0 aromatic heterocycles. The smallest absolute Gasteiger partial charge is 0.337 e. The molecule has 2 aromatic carbocycles. The van der Waals surface area contributed by atoms with E-state index < -0.39 is 5.97 Å². The highest BCUT2D eigenvalue weighted by Crippen LogP contribution is 2.31. The standard InChI is InChI=1S/C22H25NO7/c1-4-23(12-16-13-28-17-7-5-6-8-19(17)30-16)21(24)14-29-18-10-9-15(22(25)27-3)11-20(18)26-2/h5-11,16H,4,12-14H2,1-3H3. The molecule has 1 aliphatic rings. The minimum atomic E-state index is -0.482. The highest BCUT2D eigenvalue weighted by Gasteiger charge is 2.25. The summed E-state index contributed by atoms with van der Waals surface area (Å²) in [6.45, 7) is 2.96. The van der Waals surface area contributed by atoms with Crippen molar-refractivity contribution in [2.75, 3.05) is 40.5 Å². The van der Waals surface area contributed by atoms with Gasteiger partial charge in [-0.05, 0) is 37.3 Å². The number of hydrogen-bond donors (Lipinski definition) is 0. The summed E-state index contributed by atoms with van der Waals surface area (Å²) in [5.41, 5.74) is 0.331. The highest BCUT2D eigenvalue weighted by molar-refractivity contribution is 5.90. The van der Waals surface area contributed by atoms with Gasteiger partial charge in [-0.15, -0.1) is 0 Å². The van der Waals surface area contributed by atoms with E-state index in [4.69, 9.17) is 23.7 Å². The van der Waals surface area contributed by atoms with Crippen LogP contribution in [0.2, 0.25) is 0 Å². The Morgan fingerprint density at radius 1 is 1.10 bits per heavy atom. The number of ether oxygens (including phenoxy) is 5. The number of benzene rings is 2. The van der Waals surface area contributed by atoms with Crippen LogP contribution in [0.25, 0.3) is 0 Å². The Morgan fingerprint density at radius 3 is 2.57 bits per heavy atom. The summed E-state index contributed by atoms with van der Waals surface area (Å²) in [5.74, 6) is 1.40. The number of likely N-dealkylation sites (N-methyl/N-ethyl adjacent to an activating group) is 1. The molecule has 0 fully saturated rings. The lowest BCUT2D eigenvalue weighted by atomic mass is 10.2. The third kappa shape index (κ3) is 4.94. The van der Waals surface area contributed by atoms with Crippen LogP contribution < -0.4 is 18.9 Å². The minimum Gasteiger partial charge on any atom is -0.493 e. The Labute approximate surface area is 175 Å². The minimum absolute atomic E-state index is 0.175. The molecule has 1 heterocycles. The van der Waals surface area contributed by atoms with Crippen molar-refractivity contribution < 1.29 is 33.3 Å². The van der Waals surface area contributed by atoms with Gasteiger partial charge in [-0.1, -0.05) is 12.1 Å².